The number of amides is 2. The van der Waals surface area contributed by atoms with Gasteiger partial charge in [-0.15, -0.1) is 0 Å². The molecule has 0 N–H and O–H groups in total. The van der Waals surface area contributed by atoms with Crippen LogP contribution in [0.25, 0.3) is 0 Å². The molecule has 1 saturated heterocycles. The van der Waals surface area contributed by atoms with Crippen molar-refractivity contribution < 1.29 is 41.7 Å². The summed E-state index contributed by atoms with van der Waals surface area (Å²) in [6.45, 7) is 1.67. The summed E-state index contributed by atoms with van der Waals surface area (Å²) >= 11 is 8.25. The third-order valence-corrected chi connectivity index (χ3v) is 4.10. The molecule has 2 amide bonds. The van der Waals surface area contributed by atoms with Crippen LogP contribution in [0.15, 0.2) is 30.3 Å². The van der Waals surface area contributed by atoms with Crippen LogP contribution < -0.4 is 0 Å². The third-order valence-electron chi connectivity index (χ3n) is 4.10. The number of carbonyl (C=O) groups excluding carboxylic acids is 2. The van der Waals surface area contributed by atoms with E-state index in [4.69, 9.17) is 4.74 Å². The Morgan fingerprint density at radius 2 is 1.86 bits per heavy atom. The molecule has 1 aliphatic heterocycles. The van der Waals surface area contributed by atoms with E-state index < -0.39 is 36.6 Å². The van der Waals surface area contributed by atoms with E-state index in [1.807, 2.05) is 42.8 Å². The summed E-state index contributed by atoms with van der Waals surface area (Å²) in [7, 11) is 0. The van der Waals surface area contributed by atoms with Crippen molar-refractivity contribution in [1.29, 1.82) is 0 Å². The zero-order chi connectivity index (χ0) is 22.4. The number of hydrogen-bond acceptors (Lipinski definition) is 4. The molecule has 0 radical (unpaired) electrons. The number of imide groups is 1. The van der Waals surface area contributed by atoms with Gasteiger partial charge < -0.3 is 4.74 Å². The van der Waals surface area contributed by atoms with Gasteiger partial charge in [-0.05, 0) is 30.4 Å². The molecule has 170 valence electrons. The van der Waals surface area contributed by atoms with Crippen LogP contribution in [0.5, 0.6) is 0 Å². The number of hydrogen-bond donors (Lipinski definition) is 0. The molecular formula is C19H26BrCuF3NO3S. The molecule has 4 nitrogen and oxygen atoms in total. The number of alkyl halides is 3. The second kappa shape index (κ2) is 15.2. The molecule has 0 aliphatic carbocycles. The number of thioether (sulfide) groups is 1. The molecule has 0 saturated carbocycles. The van der Waals surface area contributed by atoms with Crippen molar-refractivity contribution in [2.24, 2.45) is 5.92 Å². The van der Waals surface area contributed by atoms with E-state index in [1.165, 1.54) is 0 Å². The third kappa shape index (κ3) is 11.3. The predicted molar refractivity (Wildman–Crippen MR) is 110 cm³/mol. The van der Waals surface area contributed by atoms with Crippen molar-refractivity contribution >= 4 is 37.9 Å². The average Bonchev–Trinajstić information content (AvgIpc) is 3.03. The van der Waals surface area contributed by atoms with Crippen LogP contribution in [0.1, 0.15) is 31.7 Å². The first-order valence-electron chi connectivity index (χ1n) is 8.82. The van der Waals surface area contributed by atoms with E-state index in [-0.39, 0.29) is 19.4 Å². The van der Waals surface area contributed by atoms with Crippen LogP contribution in [0.3, 0.4) is 0 Å². The monoisotopic (exact) mass is 547 g/mol. The first-order valence-corrected chi connectivity index (χ1v) is 12.8. The number of cyclic esters (lactones) is 1. The standard InChI is InChI=1S/C17H20F3NO3.C2H6S.BrH.Cu/c1-2-12(10-17(18,19)20)9-15(22)21-14(11-24-16(21)23)8-13-6-4-3-5-7-13;1-3-2;;/h3-7,12,14H,2,8-11H2,1H3;1-2H3;1H;/q;;;+1/p-1/t12-,14-;;;/m0.../s1. The first kappa shape index (κ1) is 28.3. The van der Waals surface area contributed by atoms with Crippen LogP contribution in [0.2, 0.25) is 0 Å². The van der Waals surface area contributed by atoms with Gasteiger partial charge in [0.1, 0.15) is 6.61 Å². The van der Waals surface area contributed by atoms with Gasteiger partial charge in [-0.3, -0.25) is 4.79 Å². The van der Waals surface area contributed by atoms with Crippen molar-refractivity contribution in [2.75, 3.05) is 19.1 Å². The van der Waals surface area contributed by atoms with Crippen LogP contribution in [-0.4, -0.2) is 48.2 Å². The van der Waals surface area contributed by atoms with Crippen molar-refractivity contribution in [3.63, 3.8) is 0 Å². The van der Waals surface area contributed by atoms with Crippen molar-refractivity contribution in [3.8, 4) is 0 Å². The quantitative estimate of drug-likeness (QED) is 0.424. The summed E-state index contributed by atoms with van der Waals surface area (Å²) in [6.07, 6.45) is -1.71. The summed E-state index contributed by atoms with van der Waals surface area (Å²) in [5, 5.41) is 0. The Hall–Kier alpha value is -0.701. The fraction of sp³-hybridized carbons (Fsp3) is 0.579. The van der Waals surface area contributed by atoms with E-state index in [1.54, 1.807) is 18.7 Å². The Morgan fingerprint density at radius 3 is 2.34 bits per heavy atom. The maximum absolute atomic E-state index is 12.5. The molecule has 2 rings (SSSR count). The normalized spacial score (nSPS) is 16.8. The zero-order valence-electron chi connectivity index (χ0n) is 16.5. The molecule has 29 heavy (non-hydrogen) atoms. The number of carbonyl (C=O) groups is 2. The summed E-state index contributed by atoms with van der Waals surface area (Å²) in [6, 6.07) is 8.79. The molecule has 1 aromatic rings. The molecule has 0 spiro atoms. The van der Waals surface area contributed by atoms with Gasteiger partial charge in [0.05, 0.1) is 6.04 Å². The van der Waals surface area contributed by atoms with Crippen molar-refractivity contribution in [1.82, 2.24) is 4.90 Å². The molecule has 0 aromatic heterocycles. The van der Waals surface area contributed by atoms with Crippen LogP contribution in [-0.2, 0) is 30.2 Å². The average molecular weight is 549 g/mol. The molecule has 0 unspecified atom stereocenters. The Kier molecular flexibility index (Phi) is 14.8. The number of ether oxygens (including phenoxy) is 1. The molecule has 1 heterocycles. The Bertz CT molecular complexity index is 608. The summed E-state index contributed by atoms with van der Waals surface area (Å²) in [5.74, 6) is -1.43. The van der Waals surface area contributed by atoms with Gasteiger partial charge in [0, 0.05) is 12.8 Å². The van der Waals surface area contributed by atoms with Crippen molar-refractivity contribution in [3.05, 3.63) is 35.9 Å². The number of rotatable bonds is 6. The van der Waals surface area contributed by atoms with Crippen molar-refractivity contribution in [2.45, 2.75) is 44.8 Å². The molecular weight excluding hydrogens is 523 g/mol. The van der Waals surface area contributed by atoms with Gasteiger partial charge in [0.25, 0.3) is 0 Å². The van der Waals surface area contributed by atoms with E-state index in [2.05, 4.69) is 28.3 Å². The molecule has 10 heteroatoms. The topological polar surface area (TPSA) is 46.6 Å². The van der Waals surface area contributed by atoms with Gasteiger partial charge >= 0.3 is 40.6 Å². The van der Waals surface area contributed by atoms with Crippen LogP contribution in [0, 0.1) is 5.92 Å². The molecule has 1 fully saturated rings. The van der Waals surface area contributed by atoms with Gasteiger partial charge in [-0.2, -0.15) is 24.9 Å². The predicted octanol–water partition coefficient (Wildman–Crippen LogP) is 5.77. The van der Waals surface area contributed by atoms with Gasteiger partial charge in [-0.1, -0.05) is 43.7 Å². The maximum atomic E-state index is 12.5. The Morgan fingerprint density at radius 1 is 1.31 bits per heavy atom. The first-order chi connectivity index (χ1) is 13.7. The Labute approximate surface area is 189 Å². The second-order valence-electron chi connectivity index (χ2n) is 6.39. The molecule has 1 aromatic carbocycles. The minimum absolute atomic E-state index is 0.0650. The van der Waals surface area contributed by atoms with E-state index in [0.29, 0.717) is 6.42 Å². The molecule has 0 bridgehead atoms. The number of halogens is 4. The molecule has 1 aliphatic rings. The van der Waals surface area contributed by atoms with E-state index >= 15 is 0 Å². The Balaban J connectivity index is 0.00000143. The van der Waals surface area contributed by atoms with Crippen LogP contribution in [0.4, 0.5) is 18.0 Å². The zero-order valence-corrected chi connectivity index (χ0v) is 19.8. The minimum atomic E-state index is -4.32. The summed E-state index contributed by atoms with van der Waals surface area (Å²) in [5.41, 5.74) is 0.931. The number of benzene rings is 1. The fourth-order valence-electron chi connectivity index (χ4n) is 2.84. The fourth-order valence-corrected chi connectivity index (χ4v) is 2.84. The van der Waals surface area contributed by atoms with Gasteiger partial charge in [-0.25, -0.2) is 9.69 Å². The van der Waals surface area contributed by atoms with E-state index in [9.17, 15) is 22.8 Å². The van der Waals surface area contributed by atoms with Gasteiger partial charge in [0.2, 0.25) is 5.91 Å². The van der Waals surface area contributed by atoms with E-state index in [0.717, 1.165) is 10.5 Å². The van der Waals surface area contributed by atoms with Gasteiger partial charge in [0.15, 0.2) is 0 Å². The summed E-state index contributed by atoms with van der Waals surface area (Å²) in [4.78, 5) is 25.2. The SMILES string of the molecule is CC[C@@H](CC(=O)N1C(=O)OC[C@@H]1Cc1ccccc1)CC(F)(F)F.CSC.[Cu][Br]. The van der Waals surface area contributed by atoms with Crippen LogP contribution >= 0.6 is 25.9 Å². The number of nitrogens with zero attached hydrogens (tertiary/aromatic N) is 1. The summed E-state index contributed by atoms with van der Waals surface area (Å²) < 4.78 is 42.6. The molecule has 2 atom stereocenters. The second-order valence-corrected chi connectivity index (χ2v) is 7.21.